The standard InChI is InChI=1S/C9H11N5O/c1-7(2)13-4-3-11-8(9(13)15)14-6-10-5-12-14/h3-7H,1-2H3. The lowest BCUT2D eigenvalue weighted by Crippen LogP contribution is -2.26. The molecule has 2 aromatic rings. The minimum atomic E-state index is -0.169. The van der Waals surface area contributed by atoms with Crippen LogP contribution in [-0.2, 0) is 0 Å². The van der Waals surface area contributed by atoms with Gasteiger partial charge in [0.1, 0.15) is 12.7 Å². The summed E-state index contributed by atoms with van der Waals surface area (Å²) in [6.45, 7) is 3.87. The molecule has 0 saturated carbocycles. The van der Waals surface area contributed by atoms with Gasteiger partial charge in [-0.3, -0.25) is 4.79 Å². The van der Waals surface area contributed by atoms with Gasteiger partial charge < -0.3 is 4.57 Å². The van der Waals surface area contributed by atoms with E-state index in [1.807, 2.05) is 13.8 Å². The van der Waals surface area contributed by atoms with Crippen molar-refractivity contribution in [3.05, 3.63) is 35.4 Å². The first-order chi connectivity index (χ1) is 7.20. The van der Waals surface area contributed by atoms with Gasteiger partial charge in [-0.05, 0) is 13.8 Å². The van der Waals surface area contributed by atoms with Gasteiger partial charge in [0.2, 0.25) is 5.82 Å². The number of hydrogen-bond donors (Lipinski definition) is 0. The quantitative estimate of drug-likeness (QED) is 0.712. The van der Waals surface area contributed by atoms with Crippen LogP contribution in [0.5, 0.6) is 0 Å². The number of hydrogen-bond acceptors (Lipinski definition) is 4. The van der Waals surface area contributed by atoms with Crippen LogP contribution < -0.4 is 5.56 Å². The Balaban J connectivity index is 2.60. The molecule has 2 heterocycles. The van der Waals surface area contributed by atoms with E-state index in [0.29, 0.717) is 0 Å². The molecule has 0 aromatic carbocycles. The number of rotatable bonds is 2. The number of nitrogens with zero attached hydrogens (tertiary/aromatic N) is 5. The van der Waals surface area contributed by atoms with Crippen molar-refractivity contribution in [1.82, 2.24) is 24.3 Å². The summed E-state index contributed by atoms with van der Waals surface area (Å²) in [6, 6.07) is 0.0998. The first kappa shape index (κ1) is 9.57. The highest BCUT2D eigenvalue weighted by molar-refractivity contribution is 5.15. The second kappa shape index (κ2) is 3.64. The van der Waals surface area contributed by atoms with E-state index in [1.165, 1.54) is 17.3 Å². The maximum atomic E-state index is 11.9. The van der Waals surface area contributed by atoms with Crippen LogP contribution in [0, 0.1) is 0 Å². The summed E-state index contributed by atoms with van der Waals surface area (Å²) >= 11 is 0. The lowest BCUT2D eigenvalue weighted by Gasteiger charge is -2.09. The lowest BCUT2D eigenvalue weighted by atomic mass is 10.4. The molecule has 6 heteroatoms. The Morgan fingerprint density at radius 1 is 1.40 bits per heavy atom. The molecule has 0 spiro atoms. The Hall–Kier alpha value is -1.98. The fourth-order valence-electron chi connectivity index (χ4n) is 1.30. The van der Waals surface area contributed by atoms with E-state index in [4.69, 9.17) is 0 Å². The molecular formula is C9H11N5O. The average molecular weight is 205 g/mol. The van der Waals surface area contributed by atoms with Gasteiger partial charge in [0.25, 0.3) is 5.56 Å². The Morgan fingerprint density at radius 3 is 2.80 bits per heavy atom. The molecule has 78 valence electrons. The predicted molar refractivity (Wildman–Crippen MR) is 53.8 cm³/mol. The van der Waals surface area contributed by atoms with Crippen molar-refractivity contribution in [2.75, 3.05) is 0 Å². The van der Waals surface area contributed by atoms with E-state index < -0.39 is 0 Å². The second-order valence-corrected chi connectivity index (χ2v) is 3.40. The summed E-state index contributed by atoms with van der Waals surface area (Å²) in [4.78, 5) is 19.7. The first-order valence-electron chi connectivity index (χ1n) is 4.62. The van der Waals surface area contributed by atoms with Gasteiger partial charge in [-0.15, -0.1) is 0 Å². The second-order valence-electron chi connectivity index (χ2n) is 3.40. The highest BCUT2D eigenvalue weighted by Crippen LogP contribution is 2.00. The van der Waals surface area contributed by atoms with Crippen molar-refractivity contribution in [2.45, 2.75) is 19.9 Å². The van der Waals surface area contributed by atoms with Crippen molar-refractivity contribution in [2.24, 2.45) is 0 Å². The molecule has 0 unspecified atom stereocenters. The Bertz CT molecular complexity index is 499. The predicted octanol–water partition coefficient (Wildman–Crippen LogP) is 0.405. The molecule has 0 radical (unpaired) electrons. The van der Waals surface area contributed by atoms with Gasteiger partial charge in [-0.25, -0.2) is 9.97 Å². The van der Waals surface area contributed by atoms with Crippen LogP contribution in [-0.4, -0.2) is 24.3 Å². The molecule has 6 nitrogen and oxygen atoms in total. The number of aromatic nitrogens is 5. The van der Waals surface area contributed by atoms with Crippen molar-refractivity contribution < 1.29 is 0 Å². The highest BCUT2D eigenvalue weighted by atomic mass is 16.1. The molecule has 0 atom stereocenters. The zero-order valence-corrected chi connectivity index (χ0v) is 8.53. The molecular weight excluding hydrogens is 194 g/mol. The summed E-state index contributed by atoms with van der Waals surface area (Å²) in [5, 5.41) is 3.88. The zero-order chi connectivity index (χ0) is 10.8. The third-order valence-corrected chi connectivity index (χ3v) is 2.04. The van der Waals surface area contributed by atoms with Crippen LogP contribution in [0.3, 0.4) is 0 Å². The fraction of sp³-hybridized carbons (Fsp3) is 0.333. The Morgan fingerprint density at radius 2 is 2.20 bits per heavy atom. The van der Waals surface area contributed by atoms with E-state index >= 15 is 0 Å². The van der Waals surface area contributed by atoms with Crippen LogP contribution in [0.4, 0.5) is 0 Å². The summed E-state index contributed by atoms with van der Waals surface area (Å²) in [6.07, 6.45) is 6.06. The van der Waals surface area contributed by atoms with Crippen LogP contribution in [0.15, 0.2) is 29.8 Å². The first-order valence-corrected chi connectivity index (χ1v) is 4.62. The Labute approximate surface area is 86.2 Å². The van der Waals surface area contributed by atoms with Gasteiger partial charge in [-0.2, -0.15) is 9.78 Å². The van der Waals surface area contributed by atoms with Crippen molar-refractivity contribution in [3.8, 4) is 5.82 Å². The molecule has 0 aliphatic heterocycles. The van der Waals surface area contributed by atoms with Gasteiger partial charge in [-0.1, -0.05) is 0 Å². The largest absolute Gasteiger partial charge is 0.308 e. The summed E-state index contributed by atoms with van der Waals surface area (Å²) in [5.41, 5.74) is -0.169. The third-order valence-electron chi connectivity index (χ3n) is 2.04. The van der Waals surface area contributed by atoms with Gasteiger partial charge in [0, 0.05) is 18.4 Å². The molecule has 0 fully saturated rings. The van der Waals surface area contributed by atoms with Gasteiger partial charge >= 0.3 is 0 Å². The minimum Gasteiger partial charge on any atom is -0.308 e. The Kier molecular flexibility index (Phi) is 2.32. The maximum Gasteiger partial charge on any atom is 0.295 e. The summed E-state index contributed by atoms with van der Waals surface area (Å²) in [7, 11) is 0. The molecule has 0 amide bonds. The topological polar surface area (TPSA) is 65.6 Å². The maximum absolute atomic E-state index is 11.9. The molecule has 0 N–H and O–H groups in total. The minimum absolute atomic E-state index is 0.0998. The van der Waals surface area contributed by atoms with Crippen molar-refractivity contribution >= 4 is 0 Å². The monoisotopic (exact) mass is 205 g/mol. The van der Waals surface area contributed by atoms with Gasteiger partial charge in [0.05, 0.1) is 0 Å². The van der Waals surface area contributed by atoms with Crippen molar-refractivity contribution in [1.29, 1.82) is 0 Å². The summed E-state index contributed by atoms with van der Waals surface area (Å²) < 4.78 is 2.96. The summed E-state index contributed by atoms with van der Waals surface area (Å²) in [5.74, 6) is 0.267. The van der Waals surface area contributed by atoms with Crippen LogP contribution in [0.1, 0.15) is 19.9 Å². The molecule has 2 rings (SSSR count). The van der Waals surface area contributed by atoms with E-state index in [1.54, 1.807) is 17.0 Å². The molecule has 15 heavy (non-hydrogen) atoms. The smallest absolute Gasteiger partial charge is 0.295 e. The van der Waals surface area contributed by atoms with E-state index in [-0.39, 0.29) is 17.4 Å². The third kappa shape index (κ3) is 1.65. The van der Waals surface area contributed by atoms with E-state index in [2.05, 4.69) is 15.1 Å². The highest BCUT2D eigenvalue weighted by Gasteiger charge is 2.08. The molecule has 2 aromatic heterocycles. The normalized spacial score (nSPS) is 10.9. The van der Waals surface area contributed by atoms with E-state index in [0.717, 1.165) is 0 Å². The van der Waals surface area contributed by atoms with Crippen molar-refractivity contribution in [3.63, 3.8) is 0 Å². The molecule has 0 aliphatic rings. The molecule has 0 saturated heterocycles. The van der Waals surface area contributed by atoms with Crippen LogP contribution in [0.25, 0.3) is 5.82 Å². The lowest BCUT2D eigenvalue weighted by molar-refractivity contribution is 0.567. The SMILES string of the molecule is CC(C)n1ccnc(-n2cncn2)c1=O. The fourth-order valence-corrected chi connectivity index (χ4v) is 1.30. The van der Waals surface area contributed by atoms with Crippen LogP contribution >= 0.6 is 0 Å². The zero-order valence-electron chi connectivity index (χ0n) is 8.53. The van der Waals surface area contributed by atoms with E-state index in [9.17, 15) is 4.79 Å². The molecule has 0 bridgehead atoms. The van der Waals surface area contributed by atoms with Crippen LogP contribution in [0.2, 0.25) is 0 Å². The molecule has 0 aliphatic carbocycles. The van der Waals surface area contributed by atoms with Gasteiger partial charge in [0.15, 0.2) is 0 Å². The average Bonchev–Trinajstić information content (AvgIpc) is 2.70.